The molecule has 5 rings (SSSR count). The lowest BCUT2D eigenvalue weighted by Crippen LogP contribution is -2.50. The fourth-order valence-electron chi connectivity index (χ4n) is 5.77. The summed E-state index contributed by atoms with van der Waals surface area (Å²) in [6.07, 6.45) is 3.20. The van der Waals surface area contributed by atoms with Crippen LogP contribution < -0.4 is 0 Å². The first-order chi connectivity index (χ1) is 14.5. The van der Waals surface area contributed by atoms with Gasteiger partial charge in [-0.15, -0.1) is 0 Å². The van der Waals surface area contributed by atoms with Crippen LogP contribution in [0.5, 0.6) is 5.75 Å². The molecule has 30 heavy (non-hydrogen) atoms. The Hall–Kier alpha value is -3.01. The fraction of sp³-hybridized carbons (Fsp3) is 0.346. The van der Waals surface area contributed by atoms with Crippen molar-refractivity contribution in [2.45, 2.75) is 44.9 Å². The third kappa shape index (κ3) is 2.78. The highest BCUT2D eigenvalue weighted by Crippen LogP contribution is 2.55. The summed E-state index contributed by atoms with van der Waals surface area (Å²) in [6, 6.07) is 17.9. The maximum Gasteiger partial charge on any atom is 0.136 e. The van der Waals surface area contributed by atoms with Gasteiger partial charge in [0.25, 0.3) is 0 Å². The third-order valence-electron chi connectivity index (χ3n) is 7.19. The number of hydrogen-bond acceptors (Lipinski definition) is 4. The Kier molecular flexibility index (Phi) is 4.46. The second kappa shape index (κ2) is 7.05. The molecule has 1 aromatic heterocycles. The van der Waals surface area contributed by atoms with Crippen LogP contribution in [0.1, 0.15) is 48.8 Å². The maximum absolute atomic E-state index is 12.7. The van der Waals surface area contributed by atoms with Crippen molar-refractivity contribution in [3.8, 4) is 17.0 Å². The molecule has 0 bridgehead atoms. The first-order valence-corrected chi connectivity index (χ1v) is 10.8. The van der Waals surface area contributed by atoms with Crippen LogP contribution >= 0.6 is 0 Å². The van der Waals surface area contributed by atoms with Crippen LogP contribution in [0.3, 0.4) is 0 Å². The van der Waals surface area contributed by atoms with Gasteiger partial charge < -0.3 is 5.11 Å². The Morgan fingerprint density at radius 1 is 1.00 bits per heavy atom. The van der Waals surface area contributed by atoms with Gasteiger partial charge in [0.05, 0.1) is 11.4 Å². The summed E-state index contributed by atoms with van der Waals surface area (Å²) in [5.41, 5.74) is 5.23. The van der Waals surface area contributed by atoms with Gasteiger partial charge in [-0.2, -0.15) is 0 Å². The van der Waals surface area contributed by atoms with Crippen LogP contribution in [0, 0.1) is 18.8 Å². The quantitative estimate of drug-likeness (QED) is 0.659. The number of aryl methyl sites for hydroxylation is 1. The van der Waals surface area contributed by atoms with E-state index in [4.69, 9.17) is 9.97 Å². The van der Waals surface area contributed by atoms with E-state index in [1.165, 1.54) is 11.1 Å². The average Bonchev–Trinajstić information content (AvgIpc) is 2.77. The third-order valence-corrected chi connectivity index (χ3v) is 7.19. The molecule has 1 heterocycles. The first kappa shape index (κ1) is 19.0. The van der Waals surface area contributed by atoms with Crippen LogP contribution in [-0.2, 0) is 16.6 Å². The monoisotopic (exact) mass is 398 g/mol. The zero-order valence-corrected chi connectivity index (χ0v) is 17.4. The molecule has 1 saturated carbocycles. The summed E-state index contributed by atoms with van der Waals surface area (Å²) in [6.45, 7) is 4.05. The Bertz CT molecular complexity index is 1110. The lowest BCUT2D eigenvalue weighted by molar-refractivity contribution is -0.128. The Morgan fingerprint density at radius 2 is 1.73 bits per heavy atom. The van der Waals surface area contributed by atoms with Gasteiger partial charge in [-0.25, -0.2) is 9.97 Å². The van der Waals surface area contributed by atoms with Gasteiger partial charge in [-0.3, -0.25) is 4.79 Å². The minimum Gasteiger partial charge on any atom is -0.508 e. The lowest BCUT2D eigenvalue weighted by Gasteiger charge is -2.50. The molecule has 1 N–H and O–H groups in total. The van der Waals surface area contributed by atoms with E-state index >= 15 is 0 Å². The van der Waals surface area contributed by atoms with Crippen molar-refractivity contribution >= 4 is 5.78 Å². The van der Waals surface area contributed by atoms with Gasteiger partial charge in [-0.05, 0) is 61.9 Å². The highest BCUT2D eigenvalue weighted by Gasteiger charge is 2.53. The number of nitrogens with zero attached hydrogens (tertiary/aromatic N) is 2. The molecule has 2 aromatic carbocycles. The number of rotatable bonds is 2. The van der Waals surface area contributed by atoms with Crippen molar-refractivity contribution in [1.29, 1.82) is 0 Å². The van der Waals surface area contributed by atoms with E-state index in [-0.39, 0.29) is 23.0 Å². The van der Waals surface area contributed by atoms with Crippen LogP contribution in [-0.4, -0.2) is 20.9 Å². The Balaban J connectivity index is 1.78. The molecule has 4 nitrogen and oxygen atoms in total. The second-order valence-corrected chi connectivity index (χ2v) is 8.73. The number of phenolic OH excluding ortho intramolecular Hbond substituents is 1. The van der Waals surface area contributed by atoms with Crippen molar-refractivity contribution in [3.05, 3.63) is 77.2 Å². The van der Waals surface area contributed by atoms with Crippen LogP contribution in [0.15, 0.2) is 54.6 Å². The van der Waals surface area contributed by atoms with Gasteiger partial charge >= 0.3 is 0 Å². The molecule has 0 saturated heterocycles. The van der Waals surface area contributed by atoms with Gasteiger partial charge in [-0.1, -0.05) is 37.3 Å². The number of carbonyl (C=O) groups excluding carboxylic acids is 1. The zero-order valence-electron chi connectivity index (χ0n) is 17.4. The van der Waals surface area contributed by atoms with E-state index in [0.29, 0.717) is 12.2 Å². The molecule has 4 heteroatoms. The molecule has 3 atom stereocenters. The Morgan fingerprint density at radius 3 is 2.47 bits per heavy atom. The Labute approximate surface area is 177 Å². The number of aromatic nitrogens is 2. The molecule has 2 aliphatic rings. The number of benzene rings is 2. The van der Waals surface area contributed by atoms with Crippen LogP contribution in [0.2, 0.25) is 0 Å². The van der Waals surface area contributed by atoms with Gasteiger partial charge in [0.2, 0.25) is 0 Å². The van der Waals surface area contributed by atoms with E-state index < -0.39 is 0 Å². The summed E-state index contributed by atoms with van der Waals surface area (Å²) in [5, 5.41) is 9.73. The summed E-state index contributed by atoms with van der Waals surface area (Å²) in [7, 11) is 0. The molecule has 0 radical (unpaired) electrons. The number of hydrogen-bond donors (Lipinski definition) is 1. The van der Waals surface area contributed by atoms with E-state index in [9.17, 15) is 9.90 Å². The van der Waals surface area contributed by atoms with Gasteiger partial charge in [0.15, 0.2) is 0 Å². The topological polar surface area (TPSA) is 63.1 Å². The minimum absolute atomic E-state index is 0.0273. The number of ketones is 1. The maximum atomic E-state index is 12.7. The van der Waals surface area contributed by atoms with Crippen molar-refractivity contribution < 1.29 is 9.90 Å². The van der Waals surface area contributed by atoms with E-state index in [1.807, 2.05) is 25.1 Å². The van der Waals surface area contributed by atoms with Crippen molar-refractivity contribution in [2.24, 2.45) is 11.8 Å². The summed E-state index contributed by atoms with van der Waals surface area (Å²) in [4.78, 5) is 22.5. The van der Waals surface area contributed by atoms with Gasteiger partial charge in [0, 0.05) is 28.9 Å². The number of phenols is 1. The molecule has 152 valence electrons. The highest BCUT2D eigenvalue weighted by atomic mass is 16.3. The largest absolute Gasteiger partial charge is 0.508 e. The van der Waals surface area contributed by atoms with E-state index in [0.717, 1.165) is 42.0 Å². The average molecular weight is 399 g/mol. The fourth-order valence-corrected chi connectivity index (χ4v) is 5.77. The molecule has 0 unspecified atom stereocenters. The van der Waals surface area contributed by atoms with E-state index in [1.54, 1.807) is 12.1 Å². The molecular weight excluding hydrogens is 372 g/mol. The van der Waals surface area contributed by atoms with Crippen molar-refractivity contribution in [2.75, 3.05) is 0 Å². The predicted molar refractivity (Wildman–Crippen MR) is 116 cm³/mol. The number of fused-ring (bicyclic) bond motifs is 3. The smallest absolute Gasteiger partial charge is 0.136 e. The number of Topliss-reactive ketones (excluding diaryl/α,β-unsaturated/α-hetero) is 1. The number of aromatic hydroxyl groups is 1. The highest BCUT2D eigenvalue weighted by molar-refractivity contribution is 5.83. The standard InChI is InChI=1S/C26H26N2O2/c1-16-22-13-12-21-24(18-8-10-20(29)11-9-18)27-17(2)28-25(21)26(22,15-14-23(16)30)19-6-4-3-5-7-19/h3-11,16,22,29H,12-15H2,1-2H3/t16-,22-,26+/m0/s1. The molecule has 0 amide bonds. The van der Waals surface area contributed by atoms with E-state index in [2.05, 4.69) is 31.2 Å². The summed E-state index contributed by atoms with van der Waals surface area (Å²) < 4.78 is 0. The summed E-state index contributed by atoms with van der Waals surface area (Å²) >= 11 is 0. The molecule has 0 spiro atoms. The molecule has 3 aromatic rings. The molecule has 2 aliphatic carbocycles. The molecule has 1 fully saturated rings. The second-order valence-electron chi connectivity index (χ2n) is 8.73. The van der Waals surface area contributed by atoms with Crippen LogP contribution in [0.25, 0.3) is 11.3 Å². The minimum atomic E-state index is -0.262. The van der Waals surface area contributed by atoms with Crippen molar-refractivity contribution in [1.82, 2.24) is 9.97 Å². The first-order valence-electron chi connectivity index (χ1n) is 10.8. The summed E-state index contributed by atoms with van der Waals surface area (Å²) in [5.74, 6) is 1.64. The molecule has 0 aliphatic heterocycles. The van der Waals surface area contributed by atoms with Gasteiger partial charge in [0.1, 0.15) is 17.4 Å². The lowest BCUT2D eigenvalue weighted by atomic mass is 9.52. The SMILES string of the molecule is Cc1nc(-c2ccc(O)cc2)c2c(n1)[C@@]1(c3ccccc3)CCC(=O)[C@@H](C)[C@@H]1CC2. The number of carbonyl (C=O) groups is 1. The van der Waals surface area contributed by atoms with Crippen LogP contribution in [0.4, 0.5) is 0 Å². The zero-order chi connectivity index (χ0) is 20.9. The molecular formula is C26H26N2O2. The predicted octanol–water partition coefficient (Wildman–Crippen LogP) is 5.01. The van der Waals surface area contributed by atoms with Crippen molar-refractivity contribution in [3.63, 3.8) is 0 Å². The normalized spacial score (nSPS) is 25.5.